The van der Waals surface area contributed by atoms with Gasteiger partial charge in [-0.1, -0.05) is 48.5 Å². The van der Waals surface area contributed by atoms with E-state index >= 15 is 0 Å². The largest absolute Gasteiger partial charge is 0.452 e. The summed E-state index contributed by atoms with van der Waals surface area (Å²) in [5.41, 5.74) is 1.25. The van der Waals surface area contributed by atoms with Gasteiger partial charge in [-0.15, -0.1) is 0 Å². The standard InChI is InChI=1S/C22H20N2O5/c1-14-10-11-17(12-20(14)24(27)28)22(26)29-13-21(25)23-15(2)18-9-5-7-16-6-3-4-8-19(16)18/h3-12,15H,13H2,1-2H3,(H,23,25)/t15-/m1/s1. The molecule has 29 heavy (non-hydrogen) atoms. The predicted molar refractivity (Wildman–Crippen MR) is 109 cm³/mol. The van der Waals surface area contributed by atoms with E-state index in [9.17, 15) is 19.7 Å². The second-order valence-corrected chi connectivity index (χ2v) is 6.69. The van der Waals surface area contributed by atoms with Crippen LogP contribution >= 0.6 is 0 Å². The van der Waals surface area contributed by atoms with Crippen LogP contribution < -0.4 is 5.32 Å². The molecule has 7 heteroatoms. The number of ether oxygens (including phenoxy) is 1. The van der Waals surface area contributed by atoms with E-state index in [1.54, 1.807) is 6.92 Å². The van der Waals surface area contributed by atoms with Gasteiger partial charge in [0.25, 0.3) is 11.6 Å². The van der Waals surface area contributed by atoms with Gasteiger partial charge in [0.15, 0.2) is 6.61 Å². The Hall–Kier alpha value is -3.74. The van der Waals surface area contributed by atoms with E-state index in [2.05, 4.69) is 5.32 Å². The molecule has 0 aromatic heterocycles. The maximum absolute atomic E-state index is 12.2. The van der Waals surface area contributed by atoms with Gasteiger partial charge in [0.05, 0.1) is 16.5 Å². The summed E-state index contributed by atoms with van der Waals surface area (Å²) in [6, 6.07) is 17.5. The highest BCUT2D eigenvalue weighted by Crippen LogP contribution is 2.24. The number of benzene rings is 3. The number of carbonyl (C=O) groups is 2. The molecule has 1 amide bonds. The number of carbonyl (C=O) groups excluding carboxylic acids is 2. The monoisotopic (exact) mass is 392 g/mol. The number of fused-ring (bicyclic) bond motifs is 1. The predicted octanol–water partition coefficient (Wildman–Crippen LogP) is 4.09. The summed E-state index contributed by atoms with van der Waals surface area (Å²) in [6.45, 7) is 2.95. The number of hydrogen-bond donors (Lipinski definition) is 1. The molecule has 0 radical (unpaired) electrons. The maximum Gasteiger partial charge on any atom is 0.338 e. The molecule has 3 aromatic carbocycles. The van der Waals surface area contributed by atoms with Gasteiger partial charge in [0.2, 0.25) is 0 Å². The van der Waals surface area contributed by atoms with Gasteiger partial charge in [-0.05, 0) is 36.2 Å². The number of rotatable bonds is 6. The third-order valence-corrected chi connectivity index (χ3v) is 4.64. The van der Waals surface area contributed by atoms with E-state index in [1.165, 1.54) is 12.1 Å². The Labute approximate surface area is 167 Å². The molecule has 3 rings (SSSR count). The summed E-state index contributed by atoms with van der Waals surface area (Å²) >= 11 is 0. The highest BCUT2D eigenvalue weighted by molar-refractivity contribution is 5.92. The second-order valence-electron chi connectivity index (χ2n) is 6.69. The summed E-state index contributed by atoms with van der Waals surface area (Å²) in [6.07, 6.45) is 0. The van der Waals surface area contributed by atoms with Crippen molar-refractivity contribution in [1.29, 1.82) is 0 Å². The first-order valence-electron chi connectivity index (χ1n) is 9.06. The summed E-state index contributed by atoms with van der Waals surface area (Å²) < 4.78 is 5.02. The molecule has 148 valence electrons. The van der Waals surface area contributed by atoms with Crippen LogP contribution in [0.4, 0.5) is 5.69 Å². The average Bonchev–Trinajstić information content (AvgIpc) is 2.71. The molecule has 7 nitrogen and oxygen atoms in total. The first-order chi connectivity index (χ1) is 13.9. The van der Waals surface area contributed by atoms with Crippen molar-refractivity contribution in [3.8, 4) is 0 Å². The molecule has 0 spiro atoms. The van der Waals surface area contributed by atoms with Gasteiger partial charge < -0.3 is 10.1 Å². The molecule has 3 aromatic rings. The third-order valence-electron chi connectivity index (χ3n) is 4.64. The number of nitro groups is 1. The van der Waals surface area contributed by atoms with Gasteiger partial charge >= 0.3 is 5.97 Å². The Morgan fingerprint density at radius 1 is 1.10 bits per heavy atom. The van der Waals surface area contributed by atoms with Crippen molar-refractivity contribution >= 4 is 28.3 Å². The van der Waals surface area contributed by atoms with Crippen LogP contribution in [0.15, 0.2) is 60.7 Å². The molecule has 0 heterocycles. The van der Waals surface area contributed by atoms with Crippen LogP contribution in [0, 0.1) is 17.0 Å². The van der Waals surface area contributed by atoms with Crippen molar-refractivity contribution in [3.05, 3.63) is 87.5 Å². The van der Waals surface area contributed by atoms with Crippen LogP contribution in [0.2, 0.25) is 0 Å². The zero-order chi connectivity index (χ0) is 21.0. The minimum absolute atomic E-state index is 0.0252. The van der Waals surface area contributed by atoms with Crippen LogP contribution in [0.1, 0.15) is 34.5 Å². The molecular weight excluding hydrogens is 372 g/mol. The van der Waals surface area contributed by atoms with Crippen molar-refractivity contribution in [2.45, 2.75) is 19.9 Å². The Balaban J connectivity index is 1.63. The fourth-order valence-corrected chi connectivity index (χ4v) is 3.14. The minimum atomic E-state index is -0.791. The molecule has 0 unspecified atom stereocenters. The van der Waals surface area contributed by atoms with Crippen LogP contribution in [0.25, 0.3) is 10.8 Å². The molecular formula is C22H20N2O5. The number of nitro benzene ring substituents is 1. The zero-order valence-corrected chi connectivity index (χ0v) is 16.0. The van der Waals surface area contributed by atoms with Crippen LogP contribution in [-0.4, -0.2) is 23.4 Å². The van der Waals surface area contributed by atoms with Crippen molar-refractivity contribution in [1.82, 2.24) is 5.32 Å². The maximum atomic E-state index is 12.2. The van der Waals surface area contributed by atoms with Crippen molar-refractivity contribution < 1.29 is 19.2 Å². The first kappa shape index (κ1) is 20.0. The quantitative estimate of drug-likeness (QED) is 0.387. The lowest BCUT2D eigenvalue weighted by Crippen LogP contribution is -2.31. The van der Waals surface area contributed by atoms with E-state index in [0.29, 0.717) is 5.56 Å². The van der Waals surface area contributed by atoms with Crippen LogP contribution in [0.5, 0.6) is 0 Å². The zero-order valence-electron chi connectivity index (χ0n) is 16.0. The average molecular weight is 392 g/mol. The van der Waals surface area contributed by atoms with Gasteiger partial charge in [0, 0.05) is 11.6 Å². The lowest BCUT2D eigenvalue weighted by atomic mass is 10.00. The molecule has 0 aliphatic heterocycles. The first-order valence-corrected chi connectivity index (χ1v) is 9.06. The Kier molecular flexibility index (Phi) is 5.87. The molecule has 0 bridgehead atoms. The van der Waals surface area contributed by atoms with Crippen molar-refractivity contribution in [2.75, 3.05) is 6.61 Å². The summed E-state index contributed by atoms with van der Waals surface area (Å²) in [4.78, 5) is 34.8. The molecule has 0 fully saturated rings. The second kappa shape index (κ2) is 8.52. The highest BCUT2D eigenvalue weighted by atomic mass is 16.6. The third kappa shape index (κ3) is 4.57. The molecule has 0 aliphatic rings. The number of aryl methyl sites for hydroxylation is 1. The SMILES string of the molecule is Cc1ccc(C(=O)OCC(=O)N[C@H](C)c2cccc3ccccc23)cc1[N+](=O)[O-]. The Morgan fingerprint density at radius 3 is 2.59 bits per heavy atom. The lowest BCUT2D eigenvalue weighted by molar-refractivity contribution is -0.385. The fraction of sp³-hybridized carbons (Fsp3) is 0.182. The van der Waals surface area contributed by atoms with Crippen molar-refractivity contribution in [2.24, 2.45) is 0 Å². The van der Waals surface area contributed by atoms with Crippen molar-refractivity contribution in [3.63, 3.8) is 0 Å². The normalized spacial score (nSPS) is 11.7. The van der Waals surface area contributed by atoms with E-state index in [-0.39, 0.29) is 17.3 Å². The Morgan fingerprint density at radius 2 is 1.83 bits per heavy atom. The molecule has 0 saturated carbocycles. The minimum Gasteiger partial charge on any atom is -0.452 e. The number of nitrogens with zero attached hydrogens (tertiary/aromatic N) is 1. The number of amides is 1. The van der Waals surface area contributed by atoms with E-state index in [0.717, 1.165) is 22.4 Å². The van der Waals surface area contributed by atoms with E-state index in [4.69, 9.17) is 4.74 Å². The highest BCUT2D eigenvalue weighted by Gasteiger charge is 2.18. The number of hydrogen-bond acceptors (Lipinski definition) is 5. The molecule has 0 aliphatic carbocycles. The molecule has 0 saturated heterocycles. The topological polar surface area (TPSA) is 98.5 Å². The van der Waals surface area contributed by atoms with Gasteiger partial charge in [-0.25, -0.2) is 4.79 Å². The summed E-state index contributed by atoms with van der Waals surface area (Å²) in [5.74, 6) is -1.25. The number of nitrogens with one attached hydrogen (secondary N) is 1. The Bertz CT molecular complexity index is 1090. The van der Waals surface area contributed by atoms with Crippen LogP contribution in [0.3, 0.4) is 0 Å². The molecule has 1 N–H and O–H groups in total. The van der Waals surface area contributed by atoms with Gasteiger partial charge in [-0.2, -0.15) is 0 Å². The van der Waals surface area contributed by atoms with Gasteiger partial charge in [-0.3, -0.25) is 14.9 Å². The summed E-state index contributed by atoms with van der Waals surface area (Å²) in [7, 11) is 0. The lowest BCUT2D eigenvalue weighted by Gasteiger charge is -2.16. The number of esters is 1. The van der Waals surface area contributed by atoms with Gasteiger partial charge in [0.1, 0.15) is 0 Å². The van der Waals surface area contributed by atoms with Crippen LogP contribution in [-0.2, 0) is 9.53 Å². The fourth-order valence-electron chi connectivity index (χ4n) is 3.14. The summed E-state index contributed by atoms with van der Waals surface area (Å²) in [5, 5.41) is 15.9. The van der Waals surface area contributed by atoms with E-state index < -0.39 is 23.4 Å². The smallest absolute Gasteiger partial charge is 0.338 e. The molecule has 1 atom stereocenters. The van der Waals surface area contributed by atoms with E-state index in [1.807, 2.05) is 49.4 Å².